The van der Waals surface area contributed by atoms with Crippen LogP contribution in [0.2, 0.25) is 0 Å². The Labute approximate surface area is 82.8 Å². The van der Waals surface area contributed by atoms with Gasteiger partial charge in [-0.05, 0) is 30.5 Å². The van der Waals surface area contributed by atoms with Crippen LogP contribution in [0.3, 0.4) is 0 Å². The highest BCUT2D eigenvalue weighted by atomic mass is 15.1. The van der Waals surface area contributed by atoms with E-state index in [4.69, 9.17) is 5.53 Å². The van der Waals surface area contributed by atoms with E-state index in [2.05, 4.69) is 14.9 Å². The van der Waals surface area contributed by atoms with Crippen LogP contribution in [0.15, 0.2) is 29.4 Å². The van der Waals surface area contributed by atoms with Crippen LogP contribution in [-0.2, 0) is 0 Å². The lowest BCUT2D eigenvalue weighted by atomic mass is 10.2. The summed E-state index contributed by atoms with van der Waals surface area (Å²) in [4.78, 5) is 5.09. The van der Waals surface area contributed by atoms with Crippen LogP contribution in [0.25, 0.3) is 10.4 Å². The Morgan fingerprint density at radius 3 is 2.36 bits per heavy atom. The van der Waals surface area contributed by atoms with Crippen molar-refractivity contribution in [1.82, 2.24) is 0 Å². The van der Waals surface area contributed by atoms with Crippen LogP contribution in [0.5, 0.6) is 0 Å². The molecule has 0 aromatic heterocycles. The summed E-state index contributed by atoms with van der Waals surface area (Å²) < 4.78 is 0. The first-order valence-electron chi connectivity index (χ1n) is 4.80. The average molecular weight is 188 g/mol. The van der Waals surface area contributed by atoms with Crippen molar-refractivity contribution in [1.29, 1.82) is 0 Å². The largest absolute Gasteiger partial charge is 0.372 e. The molecule has 0 bridgehead atoms. The maximum atomic E-state index is 8.25. The third-order valence-electron chi connectivity index (χ3n) is 2.48. The number of nitrogens with zero attached hydrogens (tertiary/aromatic N) is 4. The molecule has 1 heterocycles. The van der Waals surface area contributed by atoms with E-state index < -0.39 is 0 Å². The molecule has 14 heavy (non-hydrogen) atoms. The number of rotatable bonds is 2. The Morgan fingerprint density at radius 2 is 1.79 bits per heavy atom. The molecule has 0 aliphatic carbocycles. The molecule has 0 spiro atoms. The molecule has 4 heteroatoms. The van der Waals surface area contributed by atoms with Crippen LogP contribution in [-0.4, -0.2) is 13.1 Å². The predicted molar refractivity (Wildman–Crippen MR) is 56.7 cm³/mol. The fourth-order valence-electron chi connectivity index (χ4n) is 1.76. The third-order valence-corrected chi connectivity index (χ3v) is 2.48. The van der Waals surface area contributed by atoms with E-state index in [9.17, 15) is 0 Å². The Hall–Kier alpha value is -1.67. The highest BCUT2D eigenvalue weighted by Gasteiger charge is 2.11. The summed E-state index contributed by atoms with van der Waals surface area (Å²) in [6.45, 7) is 2.28. The molecule has 0 N–H and O–H groups in total. The zero-order valence-electron chi connectivity index (χ0n) is 7.93. The molecule has 1 saturated heterocycles. The summed E-state index contributed by atoms with van der Waals surface area (Å²) in [6, 6.07) is 7.73. The van der Waals surface area contributed by atoms with Gasteiger partial charge in [0, 0.05) is 29.4 Å². The molecule has 1 aromatic rings. The van der Waals surface area contributed by atoms with Gasteiger partial charge in [-0.1, -0.05) is 17.2 Å². The van der Waals surface area contributed by atoms with E-state index in [0.717, 1.165) is 13.1 Å². The minimum absolute atomic E-state index is 0.676. The molecule has 0 amide bonds. The Bertz CT molecular complexity index is 345. The fourth-order valence-corrected chi connectivity index (χ4v) is 1.76. The van der Waals surface area contributed by atoms with Gasteiger partial charge in [0.1, 0.15) is 0 Å². The number of hydrogen-bond donors (Lipinski definition) is 0. The smallest absolute Gasteiger partial charge is 0.0376 e. The summed E-state index contributed by atoms with van der Waals surface area (Å²) in [6.07, 6.45) is 2.55. The maximum absolute atomic E-state index is 8.25. The predicted octanol–water partition coefficient (Wildman–Crippen LogP) is 3.23. The Kier molecular flexibility index (Phi) is 2.56. The van der Waals surface area contributed by atoms with Crippen molar-refractivity contribution in [2.45, 2.75) is 12.8 Å². The lowest BCUT2D eigenvalue weighted by Gasteiger charge is -2.17. The van der Waals surface area contributed by atoms with Crippen LogP contribution >= 0.6 is 0 Å². The number of azide groups is 1. The molecule has 0 atom stereocenters. The molecule has 4 nitrogen and oxygen atoms in total. The minimum Gasteiger partial charge on any atom is -0.372 e. The van der Waals surface area contributed by atoms with Gasteiger partial charge in [-0.15, -0.1) is 0 Å². The van der Waals surface area contributed by atoms with E-state index in [-0.39, 0.29) is 0 Å². The van der Waals surface area contributed by atoms with Crippen LogP contribution in [0, 0.1) is 0 Å². The summed E-state index contributed by atoms with van der Waals surface area (Å²) >= 11 is 0. The highest BCUT2D eigenvalue weighted by molar-refractivity contribution is 5.53. The standard InChI is InChI=1S/C10H12N4/c11-13-12-9-3-5-10(6-4-9)14-7-1-2-8-14/h3-6H,1-2,7-8H2. The van der Waals surface area contributed by atoms with Gasteiger partial charge >= 0.3 is 0 Å². The summed E-state index contributed by atoms with van der Waals surface area (Å²) in [5, 5.41) is 3.54. The van der Waals surface area contributed by atoms with E-state index in [0.29, 0.717) is 5.69 Å². The van der Waals surface area contributed by atoms with Crippen LogP contribution in [0.4, 0.5) is 11.4 Å². The molecule has 1 aliphatic heterocycles. The average Bonchev–Trinajstić information content (AvgIpc) is 2.72. The lowest BCUT2D eigenvalue weighted by molar-refractivity contribution is 0.949. The minimum atomic E-state index is 0.676. The molecular weight excluding hydrogens is 176 g/mol. The molecule has 1 fully saturated rings. The molecule has 0 saturated carbocycles. The monoisotopic (exact) mass is 188 g/mol. The van der Waals surface area contributed by atoms with E-state index in [1.165, 1.54) is 18.5 Å². The first kappa shape index (κ1) is 8.91. The SMILES string of the molecule is [N-]=[N+]=Nc1ccc(N2CCCC2)cc1. The molecule has 0 unspecified atom stereocenters. The normalized spacial score (nSPS) is 15.3. The molecule has 2 rings (SSSR count). The van der Waals surface area contributed by atoms with Crippen molar-refractivity contribution < 1.29 is 0 Å². The fraction of sp³-hybridized carbons (Fsp3) is 0.400. The second-order valence-corrected chi connectivity index (χ2v) is 3.40. The summed E-state index contributed by atoms with van der Waals surface area (Å²) in [5.74, 6) is 0. The third kappa shape index (κ3) is 1.80. The van der Waals surface area contributed by atoms with Crippen LogP contribution in [0.1, 0.15) is 12.8 Å². The van der Waals surface area contributed by atoms with Gasteiger partial charge in [-0.2, -0.15) is 0 Å². The lowest BCUT2D eigenvalue weighted by Crippen LogP contribution is -2.17. The van der Waals surface area contributed by atoms with Crippen molar-refractivity contribution >= 4 is 11.4 Å². The Morgan fingerprint density at radius 1 is 1.14 bits per heavy atom. The zero-order valence-corrected chi connectivity index (χ0v) is 7.93. The van der Waals surface area contributed by atoms with Crippen molar-refractivity contribution in [2.75, 3.05) is 18.0 Å². The zero-order chi connectivity index (χ0) is 9.80. The Balaban J connectivity index is 2.16. The van der Waals surface area contributed by atoms with Gasteiger partial charge in [0.15, 0.2) is 0 Å². The molecule has 0 radical (unpaired) electrons. The van der Waals surface area contributed by atoms with E-state index in [1.807, 2.05) is 24.3 Å². The summed E-state index contributed by atoms with van der Waals surface area (Å²) in [5.41, 5.74) is 10.1. The first-order valence-corrected chi connectivity index (χ1v) is 4.80. The first-order chi connectivity index (χ1) is 6.90. The number of anilines is 1. The topological polar surface area (TPSA) is 52.0 Å². The number of hydrogen-bond acceptors (Lipinski definition) is 2. The molecule has 1 aliphatic rings. The maximum Gasteiger partial charge on any atom is 0.0376 e. The van der Waals surface area contributed by atoms with Crippen LogP contribution < -0.4 is 4.90 Å². The van der Waals surface area contributed by atoms with Crippen molar-refractivity contribution in [3.05, 3.63) is 34.7 Å². The van der Waals surface area contributed by atoms with Gasteiger partial charge in [0.25, 0.3) is 0 Å². The van der Waals surface area contributed by atoms with Gasteiger partial charge < -0.3 is 4.90 Å². The second kappa shape index (κ2) is 4.03. The highest BCUT2D eigenvalue weighted by Crippen LogP contribution is 2.23. The molecule has 1 aromatic carbocycles. The van der Waals surface area contributed by atoms with Gasteiger partial charge in [0.05, 0.1) is 0 Å². The van der Waals surface area contributed by atoms with Crippen molar-refractivity contribution in [3.8, 4) is 0 Å². The van der Waals surface area contributed by atoms with Crippen molar-refractivity contribution in [2.24, 2.45) is 5.11 Å². The molecular formula is C10H12N4. The second-order valence-electron chi connectivity index (χ2n) is 3.40. The van der Waals surface area contributed by atoms with E-state index in [1.54, 1.807) is 0 Å². The van der Waals surface area contributed by atoms with Gasteiger partial charge in [-0.25, -0.2) is 0 Å². The summed E-state index contributed by atoms with van der Waals surface area (Å²) in [7, 11) is 0. The van der Waals surface area contributed by atoms with E-state index >= 15 is 0 Å². The van der Waals surface area contributed by atoms with Crippen molar-refractivity contribution in [3.63, 3.8) is 0 Å². The van der Waals surface area contributed by atoms with Gasteiger partial charge in [0.2, 0.25) is 0 Å². The van der Waals surface area contributed by atoms with Gasteiger partial charge in [-0.3, -0.25) is 0 Å². The quantitative estimate of drug-likeness (QED) is 0.399. The molecule has 72 valence electrons. The number of benzene rings is 1.